The number of carbonyl (C=O) groups is 1. The number of ether oxygens (including phenoxy) is 1. The molecule has 3 heteroatoms. The molecule has 26 heavy (non-hydrogen) atoms. The molecule has 3 aromatic carbocycles. The second-order valence-corrected chi connectivity index (χ2v) is 6.96. The van der Waals surface area contributed by atoms with Crippen LogP contribution in [-0.2, 0) is 6.61 Å². The van der Waals surface area contributed by atoms with Crippen LogP contribution in [0.2, 0.25) is 0 Å². The van der Waals surface area contributed by atoms with Gasteiger partial charge in [-0.05, 0) is 48.4 Å². The van der Waals surface area contributed by atoms with Gasteiger partial charge in [-0.3, -0.25) is 4.79 Å². The number of allylic oxidation sites excluding steroid dienone is 1. The molecule has 0 aliphatic rings. The fourth-order valence-electron chi connectivity index (χ4n) is 2.41. The highest BCUT2D eigenvalue weighted by Crippen LogP contribution is 2.17. The van der Waals surface area contributed by atoms with E-state index in [-0.39, 0.29) is 5.78 Å². The van der Waals surface area contributed by atoms with Crippen molar-refractivity contribution in [3.8, 4) is 5.75 Å². The molecule has 0 saturated heterocycles. The molecule has 0 radical (unpaired) electrons. The van der Waals surface area contributed by atoms with Crippen molar-refractivity contribution in [1.82, 2.24) is 0 Å². The van der Waals surface area contributed by atoms with Gasteiger partial charge >= 0.3 is 0 Å². The van der Waals surface area contributed by atoms with Crippen LogP contribution in [0, 0.1) is 6.92 Å². The topological polar surface area (TPSA) is 26.3 Å². The third-order valence-electron chi connectivity index (χ3n) is 3.96. The van der Waals surface area contributed by atoms with Crippen LogP contribution in [0.25, 0.3) is 6.08 Å². The quantitative estimate of drug-likeness (QED) is 0.358. The Kier molecular flexibility index (Phi) is 6.03. The number of aryl methyl sites for hydroxylation is 1. The molecular formula is C23H19BrO2. The summed E-state index contributed by atoms with van der Waals surface area (Å²) >= 11 is 3.42. The second kappa shape index (κ2) is 8.63. The highest BCUT2D eigenvalue weighted by Gasteiger charge is 2.01. The minimum atomic E-state index is 0.000523. The third-order valence-corrected chi connectivity index (χ3v) is 4.49. The van der Waals surface area contributed by atoms with Gasteiger partial charge in [0.25, 0.3) is 0 Å². The van der Waals surface area contributed by atoms with Crippen LogP contribution < -0.4 is 4.74 Å². The van der Waals surface area contributed by atoms with E-state index in [0.29, 0.717) is 12.2 Å². The number of hydrogen-bond acceptors (Lipinski definition) is 2. The van der Waals surface area contributed by atoms with E-state index in [9.17, 15) is 4.79 Å². The van der Waals surface area contributed by atoms with Gasteiger partial charge in [0.1, 0.15) is 12.4 Å². The van der Waals surface area contributed by atoms with E-state index in [1.807, 2.05) is 85.8 Å². The number of halogens is 1. The Balaban J connectivity index is 1.57. The van der Waals surface area contributed by atoms with Crippen molar-refractivity contribution in [3.63, 3.8) is 0 Å². The average Bonchev–Trinajstić information content (AvgIpc) is 2.67. The first-order valence-electron chi connectivity index (χ1n) is 8.36. The van der Waals surface area contributed by atoms with E-state index in [1.54, 1.807) is 6.08 Å². The summed E-state index contributed by atoms with van der Waals surface area (Å²) in [5.74, 6) is 0.801. The first kappa shape index (κ1) is 18.2. The van der Waals surface area contributed by atoms with Crippen LogP contribution >= 0.6 is 15.9 Å². The molecule has 0 spiro atoms. The lowest BCUT2D eigenvalue weighted by Gasteiger charge is -2.06. The van der Waals surface area contributed by atoms with E-state index in [4.69, 9.17) is 4.74 Å². The Morgan fingerprint density at radius 2 is 1.58 bits per heavy atom. The number of hydrogen-bond donors (Lipinski definition) is 0. The SMILES string of the molecule is Cc1ccc(C(=O)/C=C/c2ccc(OCc3ccc(Br)cc3)cc2)cc1. The van der Waals surface area contributed by atoms with Crippen molar-refractivity contribution >= 4 is 27.8 Å². The number of carbonyl (C=O) groups excluding carboxylic acids is 1. The second-order valence-electron chi connectivity index (χ2n) is 6.05. The maximum atomic E-state index is 12.2. The Hall–Kier alpha value is -2.65. The van der Waals surface area contributed by atoms with Crippen LogP contribution in [0.4, 0.5) is 0 Å². The summed E-state index contributed by atoms with van der Waals surface area (Å²) in [6.07, 6.45) is 3.42. The lowest BCUT2D eigenvalue weighted by atomic mass is 10.1. The first-order valence-corrected chi connectivity index (χ1v) is 9.16. The molecule has 3 rings (SSSR count). The predicted molar refractivity (Wildman–Crippen MR) is 109 cm³/mol. The lowest BCUT2D eigenvalue weighted by molar-refractivity contribution is 0.104. The molecule has 0 heterocycles. The molecule has 0 aliphatic carbocycles. The van der Waals surface area contributed by atoms with Gasteiger partial charge in [-0.1, -0.05) is 76.1 Å². The Morgan fingerprint density at radius 3 is 2.23 bits per heavy atom. The monoisotopic (exact) mass is 406 g/mol. The standard InChI is InChI=1S/C23H19BrO2/c1-17-2-9-20(10-3-17)23(25)15-8-18-6-13-22(14-7-18)26-16-19-4-11-21(24)12-5-19/h2-15H,16H2,1H3/b15-8+. The molecule has 0 aromatic heterocycles. The smallest absolute Gasteiger partial charge is 0.185 e. The molecule has 2 nitrogen and oxygen atoms in total. The van der Waals surface area contributed by atoms with Crippen molar-refractivity contribution in [2.45, 2.75) is 13.5 Å². The zero-order chi connectivity index (χ0) is 18.4. The Morgan fingerprint density at radius 1 is 0.923 bits per heavy atom. The number of rotatable bonds is 6. The minimum absolute atomic E-state index is 0.000523. The first-order chi connectivity index (χ1) is 12.6. The van der Waals surface area contributed by atoms with E-state index < -0.39 is 0 Å². The minimum Gasteiger partial charge on any atom is -0.489 e. The van der Waals surface area contributed by atoms with Crippen LogP contribution in [0.5, 0.6) is 5.75 Å². The molecule has 130 valence electrons. The Bertz CT molecular complexity index is 892. The summed E-state index contributed by atoms with van der Waals surface area (Å²) in [5.41, 5.74) is 3.91. The van der Waals surface area contributed by atoms with Crippen LogP contribution in [-0.4, -0.2) is 5.78 Å². The molecule has 0 saturated carbocycles. The molecule has 0 amide bonds. The van der Waals surface area contributed by atoms with Crippen LogP contribution in [0.3, 0.4) is 0 Å². The van der Waals surface area contributed by atoms with Crippen molar-refractivity contribution < 1.29 is 9.53 Å². The molecule has 0 N–H and O–H groups in total. The highest BCUT2D eigenvalue weighted by atomic mass is 79.9. The lowest BCUT2D eigenvalue weighted by Crippen LogP contribution is -1.95. The van der Waals surface area contributed by atoms with Gasteiger partial charge in [-0.15, -0.1) is 0 Å². The van der Waals surface area contributed by atoms with Gasteiger partial charge in [0.2, 0.25) is 0 Å². The summed E-state index contributed by atoms with van der Waals surface area (Å²) in [5, 5.41) is 0. The zero-order valence-corrected chi connectivity index (χ0v) is 16.1. The highest BCUT2D eigenvalue weighted by molar-refractivity contribution is 9.10. The summed E-state index contributed by atoms with van der Waals surface area (Å²) in [6, 6.07) is 23.3. The largest absolute Gasteiger partial charge is 0.489 e. The fourth-order valence-corrected chi connectivity index (χ4v) is 2.67. The normalized spacial score (nSPS) is 10.8. The molecular weight excluding hydrogens is 388 g/mol. The third kappa shape index (κ3) is 5.17. The zero-order valence-electron chi connectivity index (χ0n) is 14.5. The molecule has 0 unspecified atom stereocenters. The summed E-state index contributed by atoms with van der Waals surface area (Å²) in [7, 11) is 0. The van der Waals surface area contributed by atoms with E-state index in [1.165, 1.54) is 0 Å². The van der Waals surface area contributed by atoms with Gasteiger partial charge in [0.05, 0.1) is 0 Å². The summed E-state index contributed by atoms with van der Waals surface area (Å²) in [6.45, 7) is 2.53. The average molecular weight is 407 g/mol. The van der Waals surface area contributed by atoms with Crippen LogP contribution in [0.1, 0.15) is 27.0 Å². The van der Waals surface area contributed by atoms with E-state index in [0.717, 1.165) is 26.9 Å². The summed E-state index contributed by atoms with van der Waals surface area (Å²) in [4.78, 5) is 12.2. The van der Waals surface area contributed by atoms with Gasteiger partial charge in [0, 0.05) is 10.0 Å². The van der Waals surface area contributed by atoms with Crippen molar-refractivity contribution in [1.29, 1.82) is 0 Å². The van der Waals surface area contributed by atoms with Crippen LogP contribution in [0.15, 0.2) is 83.3 Å². The molecule has 3 aromatic rings. The number of ketones is 1. The molecule has 0 aliphatic heterocycles. The Labute approximate surface area is 162 Å². The van der Waals surface area contributed by atoms with Gasteiger partial charge < -0.3 is 4.74 Å². The number of benzene rings is 3. The van der Waals surface area contributed by atoms with Gasteiger partial charge in [-0.25, -0.2) is 0 Å². The van der Waals surface area contributed by atoms with E-state index >= 15 is 0 Å². The van der Waals surface area contributed by atoms with Crippen molar-refractivity contribution in [2.75, 3.05) is 0 Å². The van der Waals surface area contributed by atoms with Crippen molar-refractivity contribution in [3.05, 3.63) is 106 Å². The predicted octanol–water partition coefficient (Wildman–Crippen LogP) is 6.23. The molecule has 0 bridgehead atoms. The van der Waals surface area contributed by atoms with E-state index in [2.05, 4.69) is 15.9 Å². The maximum Gasteiger partial charge on any atom is 0.185 e. The van der Waals surface area contributed by atoms with Gasteiger partial charge in [-0.2, -0.15) is 0 Å². The fraction of sp³-hybridized carbons (Fsp3) is 0.0870. The molecule has 0 atom stereocenters. The van der Waals surface area contributed by atoms with Gasteiger partial charge in [0.15, 0.2) is 5.78 Å². The summed E-state index contributed by atoms with van der Waals surface area (Å²) < 4.78 is 6.84. The van der Waals surface area contributed by atoms with Crippen molar-refractivity contribution in [2.24, 2.45) is 0 Å². The maximum absolute atomic E-state index is 12.2. The molecule has 0 fully saturated rings.